The molecule has 1 aliphatic carbocycles. The van der Waals surface area contributed by atoms with Gasteiger partial charge in [-0.1, -0.05) is 48.3 Å². The SMILES string of the molecule is Cn1c(SCC(=O)NC2CCCC2)nnc1-c1cccc(Cl)c1. The van der Waals surface area contributed by atoms with Crippen LogP contribution in [0.1, 0.15) is 25.7 Å². The maximum Gasteiger partial charge on any atom is 0.230 e. The van der Waals surface area contributed by atoms with E-state index in [4.69, 9.17) is 11.6 Å². The Bertz CT molecular complexity index is 697. The maximum atomic E-state index is 12.0. The van der Waals surface area contributed by atoms with Crippen molar-refractivity contribution in [3.63, 3.8) is 0 Å². The van der Waals surface area contributed by atoms with Crippen molar-refractivity contribution in [1.29, 1.82) is 0 Å². The Balaban J connectivity index is 1.62. The number of amides is 1. The number of nitrogens with zero attached hydrogens (tertiary/aromatic N) is 3. The molecule has 0 spiro atoms. The lowest BCUT2D eigenvalue weighted by molar-refractivity contribution is -0.119. The third kappa shape index (κ3) is 4.06. The van der Waals surface area contributed by atoms with E-state index >= 15 is 0 Å². The van der Waals surface area contributed by atoms with Crippen LogP contribution in [0.25, 0.3) is 11.4 Å². The van der Waals surface area contributed by atoms with Crippen molar-refractivity contribution >= 4 is 29.3 Å². The fourth-order valence-electron chi connectivity index (χ4n) is 2.79. The summed E-state index contributed by atoms with van der Waals surface area (Å²) in [6, 6.07) is 7.85. The number of carbonyl (C=O) groups is 1. The molecule has 1 heterocycles. The molecule has 1 aromatic carbocycles. The van der Waals surface area contributed by atoms with Gasteiger partial charge in [0.2, 0.25) is 5.91 Å². The summed E-state index contributed by atoms with van der Waals surface area (Å²) in [5.41, 5.74) is 0.912. The molecule has 1 amide bonds. The Morgan fingerprint density at radius 2 is 2.17 bits per heavy atom. The van der Waals surface area contributed by atoms with Crippen LogP contribution in [0, 0.1) is 0 Å². The van der Waals surface area contributed by atoms with E-state index in [-0.39, 0.29) is 5.91 Å². The molecule has 2 aromatic rings. The van der Waals surface area contributed by atoms with Crippen LogP contribution in [0.5, 0.6) is 0 Å². The van der Waals surface area contributed by atoms with E-state index in [1.807, 2.05) is 35.9 Å². The number of benzene rings is 1. The number of thioether (sulfide) groups is 1. The Morgan fingerprint density at radius 1 is 1.39 bits per heavy atom. The van der Waals surface area contributed by atoms with E-state index in [0.717, 1.165) is 29.4 Å². The van der Waals surface area contributed by atoms with Crippen molar-refractivity contribution < 1.29 is 4.79 Å². The molecule has 122 valence electrons. The van der Waals surface area contributed by atoms with E-state index < -0.39 is 0 Å². The van der Waals surface area contributed by atoms with E-state index in [1.54, 1.807) is 0 Å². The third-order valence-corrected chi connectivity index (χ3v) is 5.23. The minimum Gasteiger partial charge on any atom is -0.353 e. The second-order valence-electron chi connectivity index (χ2n) is 5.71. The lowest BCUT2D eigenvalue weighted by atomic mass is 10.2. The first-order valence-corrected chi connectivity index (χ1v) is 9.07. The maximum absolute atomic E-state index is 12.0. The fraction of sp³-hybridized carbons (Fsp3) is 0.438. The molecular formula is C16H19ClN4OS. The van der Waals surface area contributed by atoms with Crippen LogP contribution >= 0.6 is 23.4 Å². The van der Waals surface area contributed by atoms with E-state index in [1.165, 1.54) is 24.6 Å². The third-order valence-electron chi connectivity index (χ3n) is 3.97. The van der Waals surface area contributed by atoms with Gasteiger partial charge < -0.3 is 9.88 Å². The van der Waals surface area contributed by atoms with Gasteiger partial charge in [-0.2, -0.15) is 0 Å². The molecule has 0 atom stereocenters. The van der Waals surface area contributed by atoms with Crippen molar-refractivity contribution in [3.05, 3.63) is 29.3 Å². The standard InChI is InChI=1S/C16H19ClN4OS/c1-21-15(11-5-4-6-12(17)9-11)19-20-16(21)23-10-14(22)18-13-7-2-3-8-13/h4-6,9,13H,2-3,7-8,10H2,1H3,(H,18,22). The summed E-state index contributed by atoms with van der Waals surface area (Å²) in [6.45, 7) is 0. The fourth-order valence-corrected chi connectivity index (χ4v) is 3.70. The zero-order valence-corrected chi connectivity index (χ0v) is 14.5. The first-order chi connectivity index (χ1) is 11.1. The first kappa shape index (κ1) is 16.3. The number of hydrogen-bond donors (Lipinski definition) is 1. The molecule has 0 bridgehead atoms. The van der Waals surface area contributed by atoms with Crippen molar-refractivity contribution in [2.75, 3.05) is 5.75 Å². The normalized spacial score (nSPS) is 15.0. The van der Waals surface area contributed by atoms with Crippen molar-refractivity contribution in [1.82, 2.24) is 20.1 Å². The summed E-state index contributed by atoms with van der Waals surface area (Å²) in [6.07, 6.45) is 4.62. The zero-order valence-electron chi connectivity index (χ0n) is 13.0. The first-order valence-electron chi connectivity index (χ1n) is 7.71. The van der Waals surface area contributed by atoms with Gasteiger partial charge in [-0.05, 0) is 25.0 Å². The highest BCUT2D eigenvalue weighted by Gasteiger charge is 2.18. The van der Waals surface area contributed by atoms with Gasteiger partial charge >= 0.3 is 0 Å². The van der Waals surface area contributed by atoms with Crippen molar-refractivity contribution in [2.45, 2.75) is 36.9 Å². The minimum absolute atomic E-state index is 0.0641. The quantitative estimate of drug-likeness (QED) is 0.841. The molecule has 0 unspecified atom stereocenters. The molecule has 5 nitrogen and oxygen atoms in total. The topological polar surface area (TPSA) is 59.8 Å². The summed E-state index contributed by atoms with van der Waals surface area (Å²) in [5.74, 6) is 1.17. The van der Waals surface area contributed by atoms with Gasteiger partial charge in [0.05, 0.1) is 5.75 Å². The van der Waals surface area contributed by atoms with Crippen molar-refractivity contribution in [3.8, 4) is 11.4 Å². The lowest BCUT2D eigenvalue weighted by Crippen LogP contribution is -2.33. The molecule has 1 N–H and O–H groups in total. The molecule has 0 saturated heterocycles. The smallest absolute Gasteiger partial charge is 0.230 e. The van der Waals surface area contributed by atoms with Gasteiger partial charge in [0.1, 0.15) is 0 Å². The van der Waals surface area contributed by atoms with Gasteiger partial charge in [-0.25, -0.2) is 0 Å². The largest absolute Gasteiger partial charge is 0.353 e. The molecule has 1 saturated carbocycles. The average molecular weight is 351 g/mol. The summed E-state index contributed by atoms with van der Waals surface area (Å²) >= 11 is 7.42. The molecule has 1 aliphatic rings. The van der Waals surface area contributed by atoms with Gasteiger partial charge in [-0.15, -0.1) is 10.2 Å². The lowest BCUT2D eigenvalue weighted by Gasteiger charge is -2.11. The van der Waals surface area contributed by atoms with Crippen LogP contribution in [-0.4, -0.2) is 32.5 Å². The molecule has 7 heteroatoms. The van der Waals surface area contributed by atoms with Crippen LogP contribution in [0.15, 0.2) is 29.4 Å². The molecule has 23 heavy (non-hydrogen) atoms. The Labute approximate surface area is 144 Å². The number of nitrogens with one attached hydrogen (secondary N) is 1. The second-order valence-corrected chi connectivity index (χ2v) is 7.09. The summed E-state index contributed by atoms with van der Waals surface area (Å²) in [5, 5.41) is 12.9. The monoisotopic (exact) mass is 350 g/mol. The van der Waals surface area contributed by atoms with Gasteiger partial charge in [0.15, 0.2) is 11.0 Å². The van der Waals surface area contributed by atoms with Crippen LogP contribution in [0.4, 0.5) is 0 Å². The number of aromatic nitrogens is 3. The van der Waals surface area contributed by atoms with Crippen LogP contribution < -0.4 is 5.32 Å². The van der Waals surface area contributed by atoms with E-state index in [2.05, 4.69) is 15.5 Å². The number of carbonyl (C=O) groups excluding carboxylic acids is 1. The number of hydrogen-bond acceptors (Lipinski definition) is 4. The highest BCUT2D eigenvalue weighted by molar-refractivity contribution is 7.99. The Hall–Kier alpha value is -1.53. The van der Waals surface area contributed by atoms with Crippen molar-refractivity contribution in [2.24, 2.45) is 7.05 Å². The predicted octanol–water partition coefficient (Wildman–Crippen LogP) is 3.29. The molecule has 1 fully saturated rings. The van der Waals surface area contributed by atoms with Gasteiger partial charge in [-0.3, -0.25) is 4.79 Å². The average Bonchev–Trinajstić information content (AvgIpc) is 3.15. The Morgan fingerprint density at radius 3 is 2.91 bits per heavy atom. The number of rotatable bonds is 5. The van der Waals surface area contributed by atoms with E-state index in [0.29, 0.717) is 16.8 Å². The number of halogens is 1. The summed E-state index contributed by atoms with van der Waals surface area (Å²) < 4.78 is 1.89. The molecule has 0 aliphatic heterocycles. The van der Waals surface area contributed by atoms with Gasteiger partial charge in [0, 0.05) is 23.7 Å². The van der Waals surface area contributed by atoms with Gasteiger partial charge in [0.25, 0.3) is 0 Å². The molecular weight excluding hydrogens is 332 g/mol. The molecule has 0 radical (unpaired) electrons. The van der Waals surface area contributed by atoms with E-state index in [9.17, 15) is 4.79 Å². The Kier molecular flexibility index (Phi) is 5.23. The summed E-state index contributed by atoms with van der Waals surface area (Å²) in [7, 11) is 1.90. The van der Waals surface area contributed by atoms with Crippen LogP contribution in [0.3, 0.4) is 0 Å². The zero-order chi connectivity index (χ0) is 16.2. The minimum atomic E-state index is 0.0641. The molecule has 3 rings (SSSR count). The van der Waals surface area contributed by atoms with Crippen LogP contribution in [-0.2, 0) is 11.8 Å². The molecule has 1 aromatic heterocycles. The predicted molar refractivity (Wildman–Crippen MR) is 92.6 cm³/mol. The second kappa shape index (κ2) is 7.36. The summed E-state index contributed by atoms with van der Waals surface area (Å²) in [4.78, 5) is 12.0. The highest BCUT2D eigenvalue weighted by atomic mass is 35.5. The van der Waals surface area contributed by atoms with Crippen LogP contribution in [0.2, 0.25) is 5.02 Å². The highest BCUT2D eigenvalue weighted by Crippen LogP contribution is 2.24.